The van der Waals surface area contributed by atoms with Crippen molar-refractivity contribution in [2.24, 2.45) is 0 Å². The van der Waals surface area contributed by atoms with Gasteiger partial charge >= 0.3 is 5.97 Å². The maximum atomic E-state index is 10.3. The highest BCUT2D eigenvalue weighted by molar-refractivity contribution is 9.10. The van der Waals surface area contributed by atoms with E-state index in [2.05, 4.69) is 15.9 Å². The second-order valence-corrected chi connectivity index (χ2v) is 3.93. The van der Waals surface area contributed by atoms with Crippen LogP contribution in [-0.2, 0) is 4.79 Å². The number of hydrogen-bond acceptors (Lipinski definition) is 2. The molecular formula is C11H12BrNO2. The number of benzene rings is 1. The van der Waals surface area contributed by atoms with E-state index >= 15 is 0 Å². The van der Waals surface area contributed by atoms with Gasteiger partial charge in [0.2, 0.25) is 0 Å². The van der Waals surface area contributed by atoms with Crippen molar-refractivity contribution in [3.63, 3.8) is 0 Å². The molecule has 0 aliphatic rings. The summed E-state index contributed by atoms with van der Waals surface area (Å²) in [5.74, 6) is -0.921. The number of nitrogens with zero attached hydrogens (tertiary/aromatic N) is 1. The van der Waals surface area contributed by atoms with Crippen molar-refractivity contribution in [3.8, 4) is 0 Å². The quantitative estimate of drug-likeness (QED) is 0.855. The molecule has 4 heteroatoms. The third kappa shape index (κ3) is 3.75. The molecule has 80 valence electrons. The molecule has 0 aliphatic carbocycles. The monoisotopic (exact) mass is 269 g/mol. The van der Waals surface area contributed by atoms with Gasteiger partial charge in [0.05, 0.1) is 5.69 Å². The molecule has 0 atom stereocenters. The number of likely N-dealkylation sites (N-methyl/N-ethyl adjacent to an activating group) is 1. The number of rotatable bonds is 4. The normalized spacial score (nSPS) is 10.5. The van der Waals surface area contributed by atoms with Crippen LogP contribution in [0.15, 0.2) is 40.9 Å². The molecule has 0 saturated heterocycles. The van der Waals surface area contributed by atoms with Crippen LogP contribution in [0, 0.1) is 0 Å². The Kier molecular flexibility index (Phi) is 4.37. The van der Waals surface area contributed by atoms with Crippen LogP contribution in [0.25, 0.3) is 0 Å². The third-order valence-corrected chi connectivity index (χ3v) is 2.57. The Labute approximate surface area is 97.1 Å². The lowest BCUT2D eigenvalue weighted by molar-refractivity contribution is -0.131. The van der Waals surface area contributed by atoms with Crippen molar-refractivity contribution in [1.82, 2.24) is 0 Å². The molecule has 1 aromatic carbocycles. The standard InChI is InChI=1S/C11H12BrNO2/c1-13(8-4-7-11(14)15)10-6-3-2-5-9(10)12/h2-7H,8H2,1H3,(H,14,15)/b7-4+. The fourth-order valence-electron chi connectivity index (χ4n) is 1.17. The van der Waals surface area contributed by atoms with Crippen LogP contribution < -0.4 is 4.90 Å². The van der Waals surface area contributed by atoms with Gasteiger partial charge in [-0.15, -0.1) is 0 Å². The number of carboxylic acid groups (broad SMARTS) is 1. The van der Waals surface area contributed by atoms with E-state index in [1.54, 1.807) is 6.08 Å². The van der Waals surface area contributed by atoms with Crippen LogP contribution in [0.3, 0.4) is 0 Å². The van der Waals surface area contributed by atoms with E-state index in [1.165, 1.54) is 0 Å². The van der Waals surface area contributed by atoms with Crippen LogP contribution in [0.5, 0.6) is 0 Å². The molecule has 0 amide bonds. The van der Waals surface area contributed by atoms with E-state index in [1.807, 2.05) is 36.2 Å². The number of carboxylic acids is 1. The Morgan fingerprint density at radius 3 is 2.80 bits per heavy atom. The van der Waals surface area contributed by atoms with Gasteiger partial charge in [0, 0.05) is 24.1 Å². The highest BCUT2D eigenvalue weighted by Gasteiger charge is 2.02. The number of hydrogen-bond donors (Lipinski definition) is 1. The van der Waals surface area contributed by atoms with Gasteiger partial charge in [-0.25, -0.2) is 4.79 Å². The van der Waals surface area contributed by atoms with Crippen molar-refractivity contribution in [1.29, 1.82) is 0 Å². The smallest absolute Gasteiger partial charge is 0.328 e. The van der Waals surface area contributed by atoms with E-state index in [0.29, 0.717) is 6.54 Å². The number of anilines is 1. The molecule has 3 nitrogen and oxygen atoms in total. The zero-order chi connectivity index (χ0) is 11.3. The SMILES string of the molecule is CN(C/C=C/C(=O)O)c1ccccc1Br. The Morgan fingerprint density at radius 1 is 1.53 bits per heavy atom. The largest absolute Gasteiger partial charge is 0.478 e. The summed E-state index contributed by atoms with van der Waals surface area (Å²) in [7, 11) is 1.91. The molecule has 0 aliphatic heterocycles. The molecule has 0 aromatic heterocycles. The first kappa shape index (κ1) is 11.8. The van der Waals surface area contributed by atoms with Gasteiger partial charge in [-0.05, 0) is 28.1 Å². The minimum atomic E-state index is -0.921. The van der Waals surface area contributed by atoms with E-state index in [0.717, 1.165) is 16.2 Å². The van der Waals surface area contributed by atoms with Crippen molar-refractivity contribution >= 4 is 27.6 Å². The molecule has 1 N–H and O–H groups in total. The molecule has 0 spiro atoms. The summed E-state index contributed by atoms with van der Waals surface area (Å²) in [5, 5.41) is 8.44. The number of halogens is 1. The molecule has 0 radical (unpaired) electrons. The van der Waals surface area contributed by atoms with Crippen LogP contribution in [0.4, 0.5) is 5.69 Å². The van der Waals surface area contributed by atoms with Crippen LogP contribution >= 0.6 is 15.9 Å². The van der Waals surface area contributed by atoms with E-state index in [-0.39, 0.29) is 0 Å². The zero-order valence-corrected chi connectivity index (χ0v) is 9.94. The zero-order valence-electron chi connectivity index (χ0n) is 8.35. The minimum Gasteiger partial charge on any atom is -0.478 e. The Balaban J connectivity index is 2.65. The lowest BCUT2D eigenvalue weighted by Crippen LogP contribution is -2.17. The second-order valence-electron chi connectivity index (χ2n) is 3.07. The fourth-order valence-corrected chi connectivity index (χ4v) is 1.76. The van der Waals surface area contributed by atoms with E-state index < -0.39 is 5.97 Å². The minimum absolute atomic E-state index is 0.564. The molecule has 0 unspecified atom stereocenters. The predicted octanol–water partition coefficient (Wildman–Crippen LogP) is 2.53. The lowest BCUT2D eigenvalue weighted by Gasteiger charge is -2.18. The predicted molar refractivity (Wildman–Crippen MR) is 64.2 cm³/mol. The van der Waals surface area contributed by atoms with E-state index in [9.17, 15) is 4.79 Å². The van der Waals surface area contributed by atoms with Gasteiger partial charge in [-0.1, -0.05) is 18.2 Å². The Morgan fingerprint density at radius 2 is 2.20 bits per heavy atom. The molecule has 0 bridgehead atoms. The van der Waals surface area contributed by atoms with Crippen LogP contribution in [0.1, 0.15) is 0 Å². The summed E-state index contributed by atoms with van der Waals surface area (Å²) >= 11 is 3.44. The first-order valence-corrected chi connectivity index (χ1v) is 5.25. The van der Waals surface area contributed by atoms with Gasteiger partial charge in [-0.2, -0.15) is 0 Å². The Bertz CT molecular complexity index is 377. The molecule has 1 aromatic rings. The first-order chi connectivity index (χ1) is 7.11. The summed E-state index contributed by atoms with van der Waals surface area (Å²) < 4.78 is 0.997. The third-order valence-electron chi connectivity index (χ3n) is 1.90. The average Bonchev–Trinajstić information content (AvgIpc) is 2.17. The van der Waals surface area contributed by atoms with Gasteiger partial charge in [0.25, 0.3) is 0 Å². The Hall–Kier alpha value is -1.29. The van der Waals surface area contributed by atoms with Crippen LogP contribution in [0.2, 0.25) is 0 Å². The van der Waals surface area contributed by atoms with Gasteiger partial charge in [0.15, 0.2) is 0 Å². The fraction of sp³-hybridized carbons (Fsp3) is 0.182. The lowest BCUT2D eigenvalue weighted by atomic mass is 10.3. The van der Waals surface area contributed by atoms with Crippen molar-refractivity contribution < 1.29 is 9.90 Å². The molecule has 1 rings (SSSR count). The number of para-hydroxylation sites is 1. The number of aliphatic carboxylic acids is 1. The van der Waals surface area contributed by atoms with Crippen LogP contribution in [-0.4, -0.2) is 24.7 Å². The molecule has 0 saturated carbocycles. The topological polar surface area (TPSA) is 40.5 Å². The van der Waals surface area contributed by atoms with Gasteiger partial charge < -0.3 is 10.0 Å². The highest BCUT2D eigenvalue weighted by atomic mass is 79.9. The van der Waals surface area contributed by atoms with Crippen molar-refractivity contribution in [3.05, 3.63) is 40.9 Å². The molecule has 0 heterocycles. The average molecular weight is 270 g/mol. The van der Waals surface area contributed by atoms with Crippen molar-refractivity contribution in [2.45, 2.75) is 0 Å². The maximum absolute atomic E-state index is 10.3. The van der Waals surface area contributed by atoms with Gasteiger partial charge in [-0.3, -0.25) is 0 Å². The van der Waals surface area contributed by atoms with Gasteiger partial charge in [0.1, 0.15) is 0 Å². The summed E-state index contributed by atoms with van der Waals surface area (Å²) in [6, 6.07) is 7.80. The second kappa shape index (κ2) is 5.56. The summed E-state index contributed by atoms with van der Waals surface area (Å²) in [6.45, 7) is 0.564. The molecule has 0 fully saturated rings. The van der Waals surface area contributed by atoms with Crippen molar-refractivity contribution in [2.75, 3.05) is 18.5 Å². The summed E-state index contributed by atoms with van der Waals surface area (Å²) in [4.78, 5) is 12.2. The number of carbonyl (C=O) groups is 1. The summed E-state index contributed by atoms with van der Waals surface area (Å²) in [5.41, 5.74) is 1.03. The molecular weight excluding hydrogens is 258 g/mol. The van der Waals surface area contributed by atoms with E-state index in [4.69, 9.17) is 5.11 Å². The summed E-state index contributed by atoms with van der Waals surface area (Å²) in [6.07, 6.45) is 2.76. The first-order valence-electron chi connectivity index (χ1n) is 4.46. The molecule has 15 heavy (non-hydrogen) atoms. The highest BCUT2D eigenvalue weighted by Crippen LogP contribution is 2.24. The maximum Gasteiger partial charge on any atom is 0.328 e.